The van der Waals surface area contributed by atoms with Gasteiger partial charge < -0.3 is 0 Å². The lowest BCUT2D eigenvalue weighted by Gasteiger charge is -2.40. The van der Waals surface area contributed by atoms with Gasteiger partial charge in [-0.05, 0) is 67.6 Å². The summed E-state index contributed by atoms with van der Waals surface area (Å²) in [7, 11) is 0. The monoisotopic (exact) mass is 274 g/mol. The first-order valence-corrected chi connectivity index (χ1v) is 9.85. The lowest BCUT2D eigenvalue weighted by atomic mass is 9.65. The quantitative estimate of drug-likeness (QED) is 0.493. The normalized spacial score (nSPS) is 49.2. The first-order valence-electron chi connectivity index (χ1n) is 9.85. The van der Waals surface area contributed by atoms with Gasteiger partial charge in [-0.15, -0.1) is 0 Å². The van der Waals surface area contributed by atoms with Crippen molar-refractivity contribution < 1.29 is 0 Å². The van der Waals surface area contributed by atoms with Gasteiger partial charge in [0, 0.05) is 0 Å². The molecule has 0 unspecified atom stereocenters. The molecule has 0 spiro atoms. The summed E-state index contributed by atoms with van der Waals surface area (Å²) >= 11 is 0. The summed E-state index contributed by atoms with van der Waals surface area (Å²) in [5.74, 6) is 7.08. The second-order valence-corrected chi connectivity index (χ2v) is 9.04. The number of hydrogen-bond donors (Lipinski definition) is 0. The molecule has 8 aliphatic carbocycles. The molecule has 8 aliphatic rings. The number of hydrogen-bond acceptors (Lipinski definition) is 0. The van der Waals surface area contributed by atoms with Crippen LogP contribution in [-0.2, 0) is 0 Å². The summed E-state index contributed by atoms with van der Waals surface area (Å²) in [6, 6.07) is 0. The van der Waals surface area contributed by atoms with Gasteiger partial charge in [-0.3, -0.25) is 0 Å². The van der Waals surface area contributed by atoms with E-state index in [-0.39, 0.29) is 0 Å². The molecular weight excluding hydrogens is 240 g/mol. The molecule has 114 valence electrons. The average Bonchev–Trinajstić information content (AvgIpc) is 3.21. The van der Waals surface area contributed by atoms with E-state index < -0.39 is 0 Å². The number of fused-ring (bicyclic) bond motifs is 5. The van der Waals surface area contributed by atoms with E-state index in [0.717, 1.165) is 0 Å². The van der Waals surface area contributed by atoms with Gasteiger partial charge in [0.1, 0.15) is 0 Å². The average molecular weight is 274 g/mol. The van der Waals surface area contributed by atoms with E-state index in [1.165, 1.54) is 41.9 Å². The fourth-order valence-electron chi connectivity index (χ4n) is 6.03. The van der Waals surface area contributed by atoms with Gasteiger partial charge >= 0.3 is 0 Å². The Morgan fingerprint density at radius 2 is 0.600 bits per heavy atom. The fourth-order valence-corrected chi connectivity index (χ4v) is 6.03. The van der Waals surface area contributed by atoms with Crippen LogP contribution in [0.2, 0.25) is 0 Å². The Kier molecular flexibility index (Phi) is 4.10. The molecule has 20 heavy (non-hydrogen) atoms. The van der Waals surface area contributed by atoms with Crippen LogP contribution in [0.25, 0.3) is 0 Å². The predicted octanol–water partition coefficient (Wildman–Crippen LogP) is 6.20. The molecule has 8 fully saturated rings. The Morgan fingerprint density at radius 3 is 0.700 bits per heavy atom. The Labute approximate surface area is 126 Å². The van der Waals surface area contributed by atoms with E-state index in [4.69, 9.17) is 0 Å². The van der Waals surface area contributed by atoms with Crippen molar-refractivity contribution in [2.75, 3.05) is 0 Å². The van der Waals surface area contributed by atoms with Crippen molar-refractivity contribution in [1.29, 1.82) is 0 Å². The summed E-state index contributed by atoms with van der Waals surface area (Å²) in [5, 5.41) is 0. The SMILES string of the molecule is C1CC2CC(C1)C2.C1CC2CC1C2.C1CC2CCC1C2. The molecule has 6 bridgehead atoms. The second kappa shape index (κ2) is 6.01. The summed E-state index contributed by atoms with van der Waals surface area (Å²) in [5.41, 5.74) is 0. The van der Waals surface area contributed by atoms with E-state index in [2.05, 4.69) is 0 Å². The highest BCUT2D eigenvalue weighted by Crippen LogP contribution is 2.48. The minimum absolute atomic E-state index is 1.17. The van der Waals surface area contributed by atoms with Crippen LogP contribution in [0.3, 0.4) is 0 Å². The molecule has 0 aromatic rings. The lowest BCUT2D eigenvalue weighted by molar-refractivity contribution is 0.116. The van der Waals surface area contributed by atoms with Gasteiger partial charge in [0.25, 0.3) is 0 Å². The van der Waals surface area contributed by atoms with Gasteiger partial charge in [0.05, 0.1) is 0 Å². The molecule has 0 heteroatoms. The largest absolute Gasteiger partial charge is 0.0528 e. The first-order chi connectivity index (χ1) is 9.85. The molecule has 8 rings (SSSR count). The summed E-state index contributed by atoms with van der Waals surface area (Å²) in [6.45, 7) is 0. The van der Waals surface area contributed by atoms with Gasteiger partial charge in [-0.25, -0.2) is 0 Å². The molecular formula is C20H34. The molecule has 0 N–H and O–H groups in total. The van der Waals surface area contributed by atoms with Crippen LogP contribution < -0.4 is 0 Å². The molecule has 0 saturated heterocycles. The Balaban J connectivity index is 0.0000000796. The van der Waals surface area contributed by atoms with E-state index in [9.17, 15) is 0 Å². The molecule has 0 nitrogen and oxygen atoms in total. The van der Waals surface area contributed by atoms with E-state index in [0.29, 0.717) is 0 Å². The van der Waals surface area contributed by atoms with Crippen LogP contribution in [-0.4, -0.2) is 0 Å². The second-order valence-electron chi connectivity index (χ2n) is 9.04. The third-order valence-corrected chi connectivity index (χ3v) is 7.51. The predicted molar refractivity (Wildman–Crippen MR) is 85.6 cm³/mol. The van der Waals surface area contributed by atoms with Gasteiger partial charge in [0.2, 0.25) is 0 Å². The molecule has 0 aromatic heterocycles. The highest BCUT2D eigenvalue weighted by Gasteiger charge is 2.35. The Bertz CT molecular complexity index is 263. The van der Waals surface area contributed by atoms with Crippen LogP contribution >= 0.6 is 0 Å². The van der Waals surface area contributed by atoms with E-state index in [1.807, 2.05) is 0 Å². The van der Waals surface area contributed by atoms with Crippen molar-refractivity contribution in [3.63, 3.8) is 0 Å². The van der Waals surface area contributed by atoms with Crippen molar-refractivity contribution in [2.24, 2.45) is 35.5 Å². The van der Waals surface area contributed by atoms with Gasteiger partial charge in [-0.1, -0.05) is 57.8 Å². The first kappa shape index (κ1) is 13.6. The van der Waals surface area contributed by atoms with Crippen molar-refractivity contribution >= 4 is 0 Å². The highest BCUT2D eigenvalue weighted by atomic mass is 14.4. The highest BCUT2D eigenvalue weighted by molar-refractivity contribution is 4.87. The topological polar surface area (TPSA) is 0 Å². The zero-order valence-electron chi connectivity index (χ0n) is 13.4. The summed E-state index contributed by atoms with van der Waals surface area (Å²) in [6.07, 6.45) is 21.9. The Hall–Kier alpha value is 0. The molecule has 8 saturated carbocycles. The molecule has 0 aliphatic heterocycles. The van der Waals surface area contributed by atoms with Crippen LogP contribution in [0.4, 0.5) is 0 Å². The minimum atomic E-state index is 1.17. The molecule has 0 aromatic carbocycles. The zero-order chi connectivity index (χ0) is 13.4. The van der Waals surface area contributed by atoms with Crippen LogP contribution in [0, 0.1) is 35.5 Å². The van der Waals surface area contributed by atoms with Crippen molar-refractivity contribution in [2.45, 2.75) is 89.9 Å². The number of rotatable bonds is 0. The molecule has 0 radical (unpaired) electrons. The standard InChI is InChI=1S/2C7H12.C6H10/c1-2-7-4-3-6(1)5-7;1-2-6-4-7(3-1)5-6;1-2-6-3-5(1)4-6/h2*6-7H,1-5H2;5-6H,1-4H2. The lowest BCUT2D eigenvalue weighted by Crippen LogP contribution is -2.28. The van der Waals surface area contributed by atoms with Crippen LogP contribution in [0.15, 0.2) is 0 Å². The third kappa shape index (κ3) is 3.09. The van der Waals surface area contributed by atoms with E-state index in [1.54, 1.807) is 83.5 Å². The summed E-state index contributed by atoms with van der Waals surface area (Å²) in [4.78, 5) is 0. The van der Waals surface area contributed by atoms with Gasteiger partial charge in [-0.2, -0.15) is 0 Å². The molecule has 0 heterocycles. The maximum atomic E-state index is 1.58. The van der Waals surface area contributed by atoms with Crippen LogP contribution in [0.1, 0.15) is 89.9 Å². The maximum Gasteiger partial charge on any atom is -0.0409 e. The summed E-state index contributed by atoms with van der Waals surface area (Å²) < 4.78 is 0. The van der Waals surface area contributed by atoms with E-state index >= 15 is 0 Å². The van der Waals surface area contributed by atoms with Crippen molar-refractivity contribution in [3.8, 4) is 0 Å². The zero-order valence-corrected chi connectivity index (χ0v) is 13.4. The minimum Gasteiger partial charge on any atom is -0.0528 e. The maximum absolute atomic E-state index is 1.58. The Morgan fingerprint density at radius 1 is 0.300 bits per heavy atom. The molecule has 0 amide bonds. The van der Waals surface area contributed by atoms with Crippen LogP contribution in [0.5, 0.6) is 0 Å². The smallest absolute Gasteiger partial charge is 0.0409 e. The third-order valence-electron chi connectivity index (χ3n) is 7.51. The fraction of sp³-hybridized carbons (Fsp3) is 1.00. The van der Waals surface area contributed by atoms with Crippen molar-refractivity contribution in [3.05, 3.63) is 0 Å². The van der Waals surface area contributed by atoms with Gasteiger partial charge in [0.15, 0.2) is 0 Å². The van der Waals surface area contributed by atoms with Crippen molar-refractivity contribution in [1.82, 2.24) is 0 Å². The molecule has 0 atom stereocenters.